The van der Waals surface area contributed by atoms with Crippen LogP contribution in [0.2, 0.25) is 0 Å². The lowest BCUT2D eigenvalue weighted by molar-refractivity contribution is -0.117. The maximum absolute atomic E-state index is 13.2. The van der Waals surface area contributed by atoms with Gasteiger partial charge >= 0.3 is 0 Å². The molecule has 0 spiro atoms. The summed E-state index contributed by atoms with van der Waals surface area (Å²) in [5.74, 6) is -0.0273. The fraction of sp³-hybridized carbons (Fsp3) is 0.333. The van der Waals surface area contributed by atoms with Crippen molar-refractivity contribution >= 4 is 44.9 Å². The lowest BCUT2D eigenvalue weighted by Crippen LogP contribution is -2.37. The van der Waals surface area contributed by atoms with E-state index in [9.17, 15) is 4.79 Å². The Morgan fingerprint density at radius 2 is 1.96 bits per heavy atom. The maximum Gasteiger partial charge on any atom is 0.240 e. The van der Waals surface area contributed by atoms with Gasteiger partial charge in [0.2, 0.25) is 5.91 Å². The summed E-state index contributed by atoms with van der Waals surface area (Å²) in [5.41, 5.74) is 3.11. The number of aromatic nitrogens is 2. The quantitative estimate of drug-likeness (QED) is 0.420. The third-order valence-corrected chi connectivity index (χ3v) is 6.83. The molecule has 0 bridgehead atoms. The Morgan fingerprint density at radius 3 is 2.64 bits per heavy atom. The molecular formula is C21H22N4OS2. The van der Waals surface area contributed by atoms with Gasteiger partial charge in [0.05, 0.1) is 17.7 Å². The molecule has 0 unspecified atom stereocenters. The fourth-order valence-corrected chi connectivity index (χ4v) is 5.03. The summed E-state index contributed by atoms with van der Waals surface area (Å²) >= 11 is 3.10. The van der Waals surface area contributed by atoms with Gasteiger partial charge in [-0.25, -0.2) is 9.97 Å². The van der Waals surface area contributed by atoms with E-state index in [1.807, 2.05) is 38.1 Å². The van der Waals surface area contributed by atoms with Crippen molar-refractivity contribution in [3.8, 4) is 6.07 Å². The van der Waals surface area contributed by atoms with Crippen molar-refractivity contribution in [2.24, 2.45) is 0 Å². The van der Waals surface area contributed by atoms with Crippen LogP contribution in [0.5, 0.6) is 0 Å². The fourth-order valence-electron chi connectivity index (χ4n) is 2.93. The van der Waals surface area contributed by atoms with Gasteiger partial charge in [-0.2, -0.15) is 5.26 Å². The molecule has 3 rings (SSSR count). The van der Waals surface area contributed by atoms with E-state index in [0.29, 0.717) is 6.54 Å². The second kappa shape index (κ2) is 8.72. The third kappa shape index (κ3) is 4.18. The highest BCUT2D eigenvalue weighted by molar-refractivity contribution is 8.00. The number of benzene rings is 1. The number of nitrogens with zero attached hydrogens (tertiary/aromatic N) is 4. The van der Waals surface area contributed by atoms with Crippen molar-refractivity contribution in [1.29, 1.82) is 5.26 Å². The molecule has 0 fully saturated rings. The first-order valence-corrected chi connectivity index (χ1v) is 10.7. The number of fused-ring (bicyclic) bond motifs is 1. The SMILES string of the molecule is Cc1ccc(N(CCC#N)C(=O)[C@@H](C)Sc2ncnc3sc(C)c(C)c23)cc1. The van der Waals surface area contributed by atoms with Crippen LogP contribution in [-0.2, 0) is 4.79 Å². The predicted molar refractivity (Wildman–Crippen MR) is 116 cm³/mol. The van der Waals surface area contributed by atoms with Crippen molar-refractivity contribution in [3.63, 3.8) is 0 Å². The standard InChI is InChI=1S/C21H22N4OS2/c1-13-6-8-17(9-7-13)25(11-5-10-22)21(26)16(4)28-20-18-14(2)15(3)27-19(18)23-12-24-20/h6-9,12,16H,5,11H2,1-4H3/t16-/m1/s1. The van der Waals surface area contributed by atoms with Gasteiger partial charge in [0.1, 0.15) is 16.2 Å². The summed E-state index contributed by atoms with van der Waals surface area (Å²) in [7, 11) is 0. The molecule has 1 amide bonds. The molecule has 0 saturated carbocycles. The van der Waals surface area contributed by atoms with E-state index >= 15 is 0 Å². The van der Waals surface area contributed by atoms with Crippen LogP contribution in [0.25, 0.3) is 10.2 Å². The molecule has 5 nitrogen and oxygen atoms in total. The molecule has 144 valence electrons. The number of carbonyl (C=O) groups excluding carboxylic acids is 1. The summed E-state index contributed by atoms with van der Waals surface area (Å²) in [6.07, 6.45) is 1.85. The zero-order valence-corrected chi connectivity index (χ0v) is 18.0. The highest BCUT2D eigenvalue weighted by atomic mass is 32.2. The predicted octanol–water partition coefficient (Wildman–Crippen LogP) is 5.04. The Labute approximate surface area is 173 Å². The lowest BCUT2D eigenvalue weighted by atomic mass is 10.2. The molecule has 0 aliphatic carbocycles. The zero-order valence-electron chi connectivity index (χ0n) is 16.4. The molecule has 0 saturated heterocycles. The van der Waals surface area contributed by atoms with E-state index < -0.39 is 0 Å². The average Bonchev–Trinajstić information content (AvgIpc) is 2.98. The Kier molecular flexibility index (Phi) is 6.32. The molecule has 1 atom stereocenters. The smallest absolute Gasteiger partial charge is 0.240 e. The average molecular weight is 411 g/mol. The number of thioether (sulfide) groups is 1. The largest absolute Gasteiger partial charge is 0.310 e. The minimum Gasteiger partial charge on any atom is -0.310 e. The molecule has 0 radical (unpaired) electrons. The third-order valence-electron chi connectivity index (χ3n) is 4.63. The van der Waals surface area contributed by atoms with Gasteiger partial charge in [-0.15, -0.1) is 11.3 Å². The first-order chi connectivity index (χ1) is 13.4. The van der Waals surface area contributed by atoms with Crippen molar-refractivity contribution in [1.82, 2.24) is 9.97 Å². The van der Waals surface area contributed by atoms with Crippen LogP contribution in [0.4, 0.5) is 5.69 Å². The maximum atomic E-state index is 13.2. The second-order valence-electron chi connectivity index (χ2n) is 6.64. The summed E-state index contributed by atoms with van der Waals surface area (Å²) in [5, 5.41) is 10.5. The molecule has 2 heterocycles. The molecule has 0 N–H and O–H groups in total. The molecule has 1 aromatic carbocycles. The number of aryl methyl sites for hydroxylation is 3. The minimum atomic E-state index is -0.335. The van der Waals surface area contributed by atoms with Gasteiger partial charge in [-0.3, -0.25) is 4.79 Å². The van der Waals surface area contributed by atoms with Crippen molar-refractivity contribution in [3.05, 3.63) is 46.6 Å². The second-order valence-corrected chi connectivity index (χ2v) is 9.17. The van der Waals surface area contributed by atoms with Crippen LogP contribution < -0.4 is 4.90 Å². The number of rotatable bonds is 6. The normalized spacial score (nSPS) is 12.0. The Bertz CT molecular complexity index is 1040. The van der Waals surface area contributed by atoms with E-state index in [1.165, 1.54) is 22.2 Å². The van der Waals surface area contributed by atoms with Crippen LogP contribution >= 0.6 is 23.1 Å². The summed E-state index contributed by atoms with van der Waals surface area (Å²) < 4.78 is 0. The van der Waals surface area contributed by atoms with Gasteiger partial charge in [0.25, 0.3) is 0 Å². The van der Waals surface area contributed by atoms with E-state index in [1.54, 1.807) is 22.6 Å². The first-order valence-electron chi connectivity index (χ1n) is 9.04. The van der Waals surface area contributed by atoms with Crippen LogP contribution in [0.15, 0.2) is 35.6 Å². The minimum absolute atomic E-state index is 0.0273. The summed E-state index contributed by atoms with van der Waals surface area (Å²) in [6, 6.07) is 9.95. The molecule has 28 heavy (non-hydrogen) atoms. The van der Waals surface area contributed by atoms with Crippen molar-refractivity contribution < 1.29 is 4.79 Å². The molecule has 0 aliphatic rings. The molecule has 3 aromatic rings. The summed E-state index contributed by atoms with van der Waals surface area (Å²) in [4.78, 5) is 25.9. The topological polar surface area (TPSA) is 69.9 Å². The van der Waals surface area contributed by atoms with Gasteiger partial charge in [-0.1, -0.05) is 29.5 Å². The van der Waals surface area contributed by atoms with E-state index in [2.05, 4.69) is 29.9 Å². The number of hydrogen-bond acceptors (Lipinski definition) is 6. The van der Waals surface area contributed by atoms with Crippen LogP contribution in [0.1, 0.15) is 29.3 Å². The van der Waals surface area contributed by atoms with Crippen LogP contribution in [0, 0.1) is 32.1 Å². The van der Waals surface area contributed by atoms with Crippen molar-refractivity contribution in [2.45, 2.75) is 44.4 Å². The number of amides is 1. The van der Waals surface area contributed by atoms with Crippen LogP contribution in [0.3, 0.4) is 0 Å². The Morgan fingerprint density at radius 1 is 1.25 bits per heavy atom. The van der Waals surface area contributed by atoms with Crippen LogP contribution in [-0.4, -0.2) is 27.7 Å². The van der Waals surface area contributed by atoms with Gasteiger partial charge in [0, 0.05) is 22.5 Å². The van der Waals surface area contributed by atoms with Crippen molar-refractivity contribution in [2.75, 3.05) is 11.4 Å². The molecule has 7 heteroatoms. The number of thiophene rings is 1. The number of carbonyl (C=O) groups is 1. The number of anilines is 1. The molecule has 0 aliphatic heterocycles. The van der Waals surface area contributed by atoms with E-state index in [-0.39, 0.29) is 17.6 Å². The Hall–Kier alpha value is -2.43. The number of nitriles is 1. The van der Waals surface area contributed by atoms with Gasteiger partial charge in [0.15, 0.2) is 0 Å². The number of hydrogen-bond donors (Lipinski definition) is 0. The molecule has 2 aromatic heterocycles. The van der Waals surface area contributed by atoms with E-state index in [4.69, 9.17) is 5.26 Å². The zero-order chi connectivity index (χ0) is 20.3. The Balaban J connectivity index is 1.87. The lowest BCUT2D eigenvalue weighted by Gasteiger charge is -2.25. The van der Waals surface area contributed by atoms with E-state index in [0.717, 1.165) is 26.5 Å². The highest BCUT2D eigenvalue weighted by Gasteiger charge is 2.25. The summed E-state index contributed by atoms with van der Waals surface area (Å²) in [6.45, 7) is 8.42. The first kappa shape index (κ1) is 20.3. The van der Waals surface area contributed by atoms with Gasteiger partial charge in [-0.05, 0) is 45.4 Å². The monoisotopic (exact) mass is 410 g/mol. The molecular weight excluding hydrogens is 388 g/mol. The highest BCUT2D eigenvalue weighted by Crippen LogP contribution is 2.36. The van der Waals surface area contributed by atoms with Gasteiger partial charge < -0.3 is 4.90 Å².